The molecular weight excluding hydrogens is 252 g/mol. The van der Waals surface area contributed by atoms with Crippen molar-refractivity contribution in [1.29, 1.82) is 0 Å². The molecule has 6 heteroatoms. The zero-order chi connectivity index (χ0) is 13.2. The third-order valence-corrected chi connectivity index (χ3v) is 3.36. The number of carbonyl (C=O) groups excluding carboxylic acids is 1. The summed E-state index contributed by atoms with van der Waals surface area (Å²) in [5, 5.41) is 6.30. The number of nitrogens with zero attached hydrogens (tertiary/aromatic N) is 2. The fourth-order valence-electron chi connectivity index (χ4n) is 2.08. The van der Waals surface area contributed by atoms with E-state index in [0.29, 0.717) is 5.15 Å². The second-order valence-electron chi connectivity index (χ2n) is 4.83. The summed E-state index contributed by atoms with van der Waals surface area (Å²) in [4.78, 5) is 20.4. The highest BCUT2D eigenvalue weighted by Crippen LogP contribution is 2.20. The highest BCUT2D eigenvalue weighted by Gasteiger charge is 2.34. The Labute approximate surface area is 111 Å². The molecule has 1 aliphatic heterocycles. The van der Waals surface area contributed by atoms with E-state index in [1.54, 1.807) is 6.07 Å². The number of nitrogens with one attached hydrogen (secondary N) is 2. The topological polar surface area (TPSA) is 66.9 Å². The van der Waals surface area contributed by atoms with E-state index in [1.165, 1.54) is 0 Å². The van der Waals surface area contributed by atoms with Gasteiger partial charge in [-0.2, -0.15) is 0 Å². The van der Waals surface area contributed by atoms with Gasteiger partial charge < -0.3 is 5.32 Å². The number of rotatable bonds is 2. The Balaban J connectivity index is 2.10. The molecule has 0 bridgehead atoms. The van der Waals surface area contributed by atoms with Gasteiger partial charge in [0, 0.05) is 5.69 Å². The van der Waals surface area contributed by atoms with E-state index in [4.69, 9.17) is 11.6 Å². The van der Waals surface area contributed by atoms with Crippen LogP contribution in [0.25, 0.3) is 0 Å². The SMILES string of the molecule is Cc1cc(Cl)nc(NC(=O)C2(C)CCCCN2)n1. The van der Waals surface area contributed by atoms with Crippen LogP contribution in [0.4, 0.5) is 5.95 Å². The molecule has 1 saturated heterocycles. The first kappa shape index (κ1) is 13.2. The standard InChI is InChI=1S/C12H17ClN4O/c1-8-7-9(13)16-11(15-8)17-10(18)12(2)5-3-4-6-14-12/h7,14H,3-6H2,1-2H3,(H,15,16,17,18). The van der Waals surface area contributed by atoms with E-state index in [-0.39, 0.29) is 11.9 Å². The van der Waals surface area contributed by atoms with Gasteiger partial charge in [-0.3, -0.25) is 10.1 Å². The highest BCUT2D eigenvalue weighted by molar-refractivity contribution is 6.29. The molecule has 1 unspecified atom stereocenters. The van der Waals surface area contributed by atoms with Crippen molar-refractivity contribution in [1.82, 2.24) is 15.3 Å². The Bertz CT molecular complexity index is 437. The van der Waals surface area contributed by atoms with Gasteiger partial charge in [0.2, 0.25) is 11.9 Å². The fourth-order valence-corrected chi connectivity index (χ4v) is 2.31. The summed E-state index contributed by atoms with van der Waals surface area (Å²) < 4.78 is 0. The summed E-state index contributed by atoms with van der Waals surface area (Å²) in [6, 6.07) is 1.65. The van der Waals surface area contributed by atoms with Crippen molar-refractivity contribution in [2.24, 2.45) is 0 Å². The van der Waals surface area contributed by atoms with Crippen LogP contribution in [0.15, 0.2) is 6.07 Å². The van der Waals surface area contributed by atoms with Gasteiger partial charge in [-0.15, -0.1) is 0 Å². The Morgan fingerprint density at radius 3 is 2.89 bits per heavy atom. The molecule has 0 saturated carbocycles. The molecule has 0 aliphatic carbocycles. The monoisotopic (exact) mass is 268 g/mol. The van der Waals surface area contributed by atoms with Gasteiger partial charge in [0.1, 0.15) is 5.15 Å². The van der Waals surface area contributed by atoms with Crippen LogP contribution in [0.5, 0.6) is 0 Å². The smallest absolute Gasteiger partial charge is 0.246 e. The minimum absolute atomic E-state index is 0.108. The largest absolute Gasteiger partial charge is 0.304 e. The molecule has 0 aromatic carbocycles. The van der Waals surface area contributed by atoms with Gasteiger partial charge in [-0.1, -0.05) is 11.6 Å². The Hall–Kier alpha value is -1.20. The lowest BCUT2D eigenvalue weighted by atomic mass is 9.90. The molecule has 1 aromatic heterocycles. The molecule has 18 heavy (non-hydrogen) atoms. The summed E-state index contributed by atoms with van der Waals surface area (Å²) in [5.41, 5.74) is 0.185. The van der Waals surface area contributed by atoms with Crippen LogP contribution >= 0.6 is 11.6 Å². The summed E-state index contributed by atoms with van der Waals surface area (Å²) in [5.74, 6) is 0.155. The molecular formula is C12H17ClN4O. The molecule has 0 spiro atoms. The van der Waals surface area contributed by atoms with E-state index < -0.39 is 5.54 Å². The summed E-state index contributed by atoms with van der Waals surface area (Å²) >= 11 is 5.84. The number of aryl methyl sites for hydroxylation is 1. The van der Waals surface area contributed by atoms with Gasteiger partial charge in [0.05, 0.1) is 5.54 Å². The molecule has 2 heterocycles. The molecule has 98 valence electrons. The normalized spacial score (nSPS) is 23.7. The van der Waals surface area contributed by atoms with Crippen LogP contribution in [-0.4, -0.2) is 28.0 Å². The zero-order valence-electron chi connectivity index (χ0n) is 10.6. The van der Waals surface area contributed by atoms with Crippen LogP contribution in [0.3, 0.4) is 0 Å². The molecule has 2 rings (SSSR count). The molecule has 5 nitrogen and oxygen atoms in total. The molecule has 1 fully saturated rings. The zero-order valence-corrected chi connectivity index (χ0v) is 11.3. The Morgan fingerprint density at radius 2 is 2.28 bits per heavy atom. The number of carbonyl (C=O) groups is 1. The predicted octanol–water partition coefficient (Wildman–Crippen LogP) is 1.91. The van der Waals surface area contributed by atoms with Crippen LogP contribution < -0.4 is 10.6 Å². The van der Waals surface area contributed by atoms with Crippen molar-refractivity contribution in [2.75, 3.05) is 11.9 Å². The number of aromatic nitrogens is 2. The Morgan fingerprint density at radius 1 is 1.50 bits per heavy atom. The second kappa shape index (κ2) is 5.20. The lowest BCUT2D eigenvalue weighted by molar-refractivity contribution is -0.122. The third kappa shape index (κ3) is 2.97. The third-order valence-electron chi connectivity index (χ3n) is 3.17. The van der Waals surface area contributed by atoms with Crippen molar-refractivity contribution in [2.45, 2.75) is 38.6 Å². The summed E-state index contributed by atoms with van der Waals surface area (Å²) in [6.07, 6.45) is 2.97. The van der Waals surface area contributed by atoms with Gasteiger partial charge in [-0.25, -0.2) is 9.97 Å². The molecule has 1 aromatic rings. The second-order valence-corrected chi connectivity index (χ2v) is 5.21. The first-order valence-electron chi connectivity index (χ1n) is 6.07. The number of anilines is 1. The number of amides is 1. The highest BCUT2D eigenvalue weighted by atomic mass is 35.5. The maximum Gasteiger partial charge on any atom is 0.246 e. The van der Waals surface area contributed by atoms with E-state index in [0.717, 1.165) is 31.5 Å². The quantitative estimate of drug-likeness (QED) is 0.804. The number of piperidine rings is 1. The lowest BCUT2D eigenvalue weighted by Gasteiger charge is -2.33. The Kier molecular flexibility index (Phi) is 3.82. The lowest BCUT2D eigenvalue weighted by Crippen LogP contribution is -2.54. The average Bonchev–Trinajstić information content (AvgIpc) is 2.28. The number of hydrogen-bond acceptors (Lipinski definition) is 4. The summed E-state index contributed by atoms with van der Waals surface area (Å²) in [6.45, 7) is 4.57. The van der Waals surface area contributed by atoms with Crippen LogP contribution in [-0.2, 0) is 4.79 Å². The number of halogens is 1. The fraction of sp³-hybridized carbons (Fsp3) is 0.583. The minimum Gasteiger partial charge on any atom is -0.304 e. The molecule has 1 amide bonds. The summed E-state index contributed by atoms with van der Waals surface area (Å²) in [7, 11) is 0. The van der Waals surface area contributed by atoms with Gasteiger partial charge in [-0.05, 0) is 45.7 Å². The van der Waals surface area contributed by atoms with Crippen molar-refractivity contribution in [3.8, 4) is 0 Å². The maximum atomic E-state index is 12.2. The van der Waals surface area contributed by atoms with E-state index in [9.17, 15) is 4.79 Å². The molecule has 0 radical (unpaired) electrons. The molecule has 1 atom stereocenters. The van der Waals surface area contributed by atoms with Gasteiger partial charge in [0.25, 0.3) is 0 Å². The van der Waals surface area contributed by atoms with Gasteiger partial charge >= 0.3 is 0 Å². The van der Waals surface area contributed by atoms with E-state index >= 15 is 0 Å². The first-order valence-corrected chi connectivity index (χ1v) is 6.45. The molecule has 1 aliphatic rings. The van der Waals surface area contributed by atoms with Crippen molar-refractivity contribution < 1.29 is 4.79 Å². The van der Waals surface area contributed by atoms with Crippen LogP contribution in [0.2, 0.25) is 5.15 Å². The van der Waals surface area contributed by atoms with Crippen molar-refractivity contribution in [3.63, 3.8) is 0 Å². The first-order chi connectivity index (χ1) is 8.49. The molecule has 2 N–H and O–H groups in total. The average molecular weight is 269 g/mol. The van der Waals surface area contributed by atoms with Crippen LogP contribution in [0.1, 0.15) is 31.9 Å². The van der Waals surface area contributed by atoms with Crippen LogP contribution in [0, 0.1) is 6.92 Å². The minimum atomic E-state index is -0.544. The van der Waals surface area contributed by atoms with E-state index in [2.05, 4.69) is 20.6 Å². The van der Waals surface area contributed by atoms with Gasteiger partial charge in [0.15, 0.2) is 0 Å². The van der Waals surface area contributed by atoms with E-state index in [1.807, 2.05) is 13.8 Å². The van der Waals surface area contributed by atoms with Crippen molar-refractivity contribution >= 4 is 23.5 Å². The maximum absolute atomic E-state index is 12.2. The van der Waals surface area contributed by atoms with Crippen molar-refractivity contribution in [3.05, 3.63) is 16.9 Å². The number of hydrogen-bond donors (Lipinski definition) is 2. The predicted molar refractivity (Wildman–Crippen MR) is 70.7 cm³/mol.